The number of carbonyl (C=O) groups excluding carboxylic acids is 1. The summed E-state index contributed by atoms with van der Waals surface area (Å²) in [5, 5.41) is 8.74. The van der Waals surface area contributed by atoms with E-state index in [9.17, 15) is 13.2 Å². The lowest BCUT2D eigenvalue weighted by Crippen LogP contribution is -2.57. The van der Waals surface area contributed by atoms with E-state index in [2.05, 4.69) is 0 Å². The first-order valence-electron chi connectivity index (χ1n) is 9.77. The minimum atomic E-state index is -4.01. The average Bonchev–Trinajstić information content (AvgIpc) is 2.75. The third-order valence-corrected chi connectivity index (χ3v) is 6.82. The molecule has 0 aromatic heterocycles. The second-order valence-corrected chi connectivity index (χ2v) is 9.21. The second-order valence-electron chi connectivity index (χ2n) is 7.32. The Balaban J connectivity index is 1.78. The Morgan fingerprint density at radius 2 is 1.87 bits per heavy atom. The highest BCUT2D eigenvalue weighted by atomic mass is 32.2. The molecular formula is C21H26N2O7S. The van der Waals surface area contributed by atoms with Crippen molar-refractivity contribution in [2.45, 2.75) is 50.7 Å². The molecule has 0 unspecified atom stereocenters. The molecule has 3 rings (SSSR count). The van der Waals surface area contributed by atoms with Crippen LogP contribution in [0.1, 0.15) is 25.0 Å². The van der Waals surface area contributed by atoms with Crippen LogP contribution < -0.4 is 10.2 Å². The Hall–Kier alpha value is -2.66. The van der Waals surface area contributed by atoms with Crippen LogP contribution in [0.3, 0.4) is 0 Å². The van der Waals surface area contributed by atoms with Gasteiger partial charge < -0.3 is 14.2 Å². The summed E-state index contributed by atoms with van der Waals surface area (Å²) in [7, 11) is -4.01. The minimum absolute atomic E-state index is 0.0123. The smallest absolute Gasteiger partial charge is 0.432 e. The standard InChI is InChI=1S/C21H26N2O7S/c1-14-6-4-5-7-17(14)13-28-18-8-10-19(11-9-18)31(26,27)23-12-15(2)29-16(3)20(23)30-21(24)22-25/h4-11,15-16,20,25H,12-13H2,1-3H3,(H,22,24)/t15-,16-,20+/m0/s1. The molecule has 2 N–H and O–H groups in total. The van der Waals surface area contributed by atoms with Gasteiger partial charge in [-0.25, -0.2) is 18.7 Å². The molecule has 2 aromatic rings. The van der Waals surface area contributed by atoms with Gasteiger partial charge in [0.05, 0.1) is 11.0 Å². The summed E-state index contributed by atoms with van der Waals surface area (Å²) in [5.41, 5.74) is 3.49. The summed E-state index contributed by atoms with van der Waals surface area (Å²) in [6.07, 6.45) is -3.54. The Bertz CT molecular complexity index is 1010. The first-order chi connectivity index (χ1) is 14.7. The first kappa shape index (κ1) is 23.0. The van der Waals surface area contributed by atoms with Crippen LogP contribution in [0.15, 0.2) is 53.4 Å². The lowest BCUT2D eigenvalue weighted by molar-refractivity contribution is -0.151. The highest BCUT2D eigenvalue weighted by Crippen LogP contribution is 2.28. The number of hydrogen-bond donors (Lipinski definition) is 2. The summed E-state index contributed by atoms with van der Waals surface area (Å²) in [4.78, 5) is 11.5. The van der Waals surface area contributed by atoms with Crippen LogP contribution in [0.5, 0.6) is 5.75 Å². The predicted molar refractivity (Wildman–Crippen MR) is 111 cm³/mol. The van der Waals surface area contributed by atoms with Crippen molar-refractivity contribution in [3.8, 4) is 5.75 Å². The molecule has 2 aromatic carbocycles. The van der Waals surface area contributed by atoms with Gasteiger partial charge in [0.15, 0.2) is 6.23 Å². The van der Waals surface area contributed by atoms with E-state index in [0.29, 0.717) is 12.4 Å². The first-order valence-corrected chi connectivity index (χ1v) is 11.2. The highest BCUT2D eigenvalue weighted by molar-refractivity contribution is 7.89. The molecule has 0 aliphatic carbocycles. The molecule has 1 fully saturated rings. The van der Waals surface area contributed by atoms with Crippen molar-refractivity contribution in [1.82, 2.24) is 9.79 Å². The maximum absolute atomic E-state index is 13.2. The lowest BCUT2D eigenvalue weighted by atomic mass is 10.1. The molecule has 1 aliphatic rings. The lowest BCUT2D eigenvalue weighted by Gasteiger charge is -2.40. The van der Waals surface area contributed by atoms with Crippen LogP contribution in [0.4, 0.5) is 4.79 Å². The molecule has 1 heterocycles. The van der Waals surface area contributed by atoms with Gasteiger partial charge in [-0.2, -0.15) is 4.31 Å². The van der Waals surface area contributed by atoms with Gasteiger partial charge in [-0.05, 0) is 56.2 Å². The van der Waals surface area contributed by atoms with E-state index in [-0.39, 0.29) is 11.4 Å². The van der Waals surface area contributed by atoms with E-state index in [4.69, 9.17) is 19.4 Å². The van der Waals surface area contributed by atoms with Gasteiger partial charge >= 0.3 is 6.09 Å². The Labute approximate surface area is 181 Å². The number of sulfonamides is 1. The monoisotopic (exact) mass is 450 g/mol. The highest BCUT2D eigenvalue weighted by Gasteiger charge is 2.43. The van der Waals surface area contributed by atoms with Crippen LogP contribution in [0.2, 0.25) is 0 Å². The van der Waals surface area contributed by atoms with Crippen molar-refractivity contribution in [1.29, 1.82) is 0 Å². The van der Waals surface area contributed by atoms with Crippen molar-refractivity contribution in [3.05, 3.63) is 59.7 Å². The minimum Gasteiger partial charge on any atom is -0.489 e. The van der Waals surface area contributed by atoms with Gasteiger partial charge in [-0.1, -0.05) is 24.3 Å². The number of hydrogen-bond acceptors (Lipinski definition) is 7. The van der Waals surface area contributed by atoms with E-state index >= 15 is 0 Å². The van der Waals surface area contributed by atoms with Gasteiger partial charge in [-0.15, -0.1) is 0 Å². The summed E-state index contributed by atoms with van der Waals surface area (Å²) in [6, 6.07) is 13.9. The number of nitrogens with zero attached hydrogens (tertiary/aromatic N) is 1. The molecule has 1 aliphatic heterocycles. The van der Waals surface area contributed by atoms with Crippen LogP contribution in [-0.2, 0) is 26.1 Å². The van der Waals surface area contributed by atoms with Crippen molar-refractivity contribution >= 4 is 16.1 Å². The fraction of sp³-hybridized carbons (Fsp3) is 0.381. The van der Waals surface area contributed by atoms with Crippen molar-refractivity contribution in [2.75, 3.05) is 6.54 Å². The van der Waals surface area contributed by atoms with Crippen molar-refractivity contribution in [2.24, 2.45) is 0 Å². The quantitative estimate of drug-likeness (QED) is 0.514. The van der Waals surface area contributed by atoms with Gasteiger partial charge in [0.2, 0.25) is 10.0 Å². The topological polar surface area (TPSA) is 114 Å². The Kier molecular flexibility index (Phi) is 7.16. The van der Waals surface area contributed by atoms with Crippen LogP contribution in [0.25, 0.3) is 0 Å². The average molecular weight is 451 g/mol. The number of morpholine rings is 1. The molecule has 31 heavy (non-hydrogen) atoms. The van der Waals surface area contributed by atoms with Crippen molar-refractivity contribution in [3.63, 3.8) is 0 Å². The molecule has 9 nitrogen and oxygen atoms in total. The molecular weight excluding hydrogens is 424 g/mol. The Morgan fingerprint density at radius 1 is 1.19 bits per heavy atom. The van der Waals surface area contributed by atoms with E-state index < -0.39 is 34.6 Å². The molecule has 0 saturated carbocycles. The molecule has 10 heteroatoms. The number of aryl methyl sites for hydroxylation is 1. The number of nitrogens with one attached hydrogen (secondary N) is 1. The van der Waals surface area contributed by atoms with Crippen LogP contribution in [-0.4, -0.2) is 49.0 Å². The third kappa shape index (κ3) is 5.34. The molecule has 3 atom stereocenters. The van der Waals surface area contributed by atoms with Gasteiger partial charge in [0, 0.05) is 6.54 Å². The van der Waals surface area contributed by atoms with E-state index in [1.54, 1.807) is 26.0 Å². The third-order valence-electron chi connectivity index (χ3n) is 4.97. The van der Waals surface area contributed by atoms with E-state index in [0.717, 1.165) is 15.4 Å². The fourth-order valence-corrected chi connectivity index (χ4v) is 5.01. The molecule has 1 amide bonds. The van der Waals surface area contributed by atoms with Gasteiger partial charge in [0.1, 0.15) is 18.5 Å². The molecule has 1 saturated heterocycles. The molecule has 0 radical (unpaired) electrons. The molecule has 0 spiro atoms. The largest absolute Gasteiger partial charge is 0.489 e. The van der Waals surface area contributed by atoms with Crippen molar-refractivity contribution < 1.29 is 32.6 Å². The SMILES string of the molecule is Cc1ccccc1COc1ccc(S(=O)(=O)N2C[C@H](C)O[C@@H](C)[C@H]2OC(=O)NO)cc1. The summed E-state index contributed by atoms with van der Waals surface area (Å²) in [5.74, 6) is 0.526. The number of carbonyl (C=O) groups is 1. The summed E-state index contributed by atoms with van der Waals surface area (Å²) < 4.78 is 44.0. The van der Waals surface area contributed by atoms with Crippen LogP contribution in [0, 0.1) is 6.92 Å². The maximum atomic E-state index is 13.2. The van der Waals surface area contributed by atoms with Gasteiger partial charge in [-0.3, -0.25) is 5.21 Å². The predicted octanol–water partition coefficient (Wildman–Crippen LogP) is 2.81. The molecule has 168 valence electrons. The van der Waals surface area contributed by atoms with E-state index in [1.807, 2.05) is 31.2 Å². The van der Waals surface area contributed by atoms with Crippen LogP contribution >= 0.6 is 0 Å². The zero-order valence-electron chi connectivity index (χ0n) is 17.5. The number of rotatable bonds is 6. The number of ether oxygens (including phenoxy) is 3. The fourth-order valence-electron chi connectivity index (χ4n) is 3.37. The number of hydroxylamine groups is 1. The zero-order chi connectivity index (χ0) is 22.6. The molecule has 0 bridgehead atoms. The van der Waals surface area contributed by atoms with Gasteiger partial charge in [0.25, 0.3) is 0 Å². The maximum Gasteiger partial charge on any atom is 0.432 e. The number of amides is 1. The summed E-state index contributed by atoms with van der Waals surface area (Å²) >= 11 is 0. The van der Waals surface area contributed by atoms with E-state index in [1.165, 1.54) is 17.6 Å². The number of benzene rings is 2. The summed E-state index contributed by atoms with van der Waals surface area (Å²) in [6.45, 7) is 5.67. The second kappa shape index (κ2) is 9.65. The normalized spacial score (nSPS) is 22.0. The zero-order valence-corrected chi connectivity index (χ0v) is 18.3. The Morgan fingerprint density at radius 3 is 2.52 bits per heavy atom.